The molecule has 4 rings (SSSR count). The first-order valence-electron chi connectivity index (χ1n) is 11.6. The molecule has 1 aromatic carbocycles. The maximum atomic E-state index is 11.9. The van der Waals surface area contributed by atoms with E-state index in [-0.39, 0.29) is 5.91 Å². The minimum Gasteiger partial charge on any atom is -0.356 e. The smallest absolute Gasteiger partial charge is 0.222 e. The summed E-state index contributed by atoms with van der Waals surface area (Å²) >= 11 is 0. The van der Waals surface area contributed by atoms with Crippen molar-refractivity contribution in [3.8, 4) is 0 Å². The molecule has 2 saturated heterocycles. The predicted octanol–water partition coefficient (Wildman–Crippen LogP) is 2.85. The monoisotopic (exact) mass is 434 g/mol. The maximum Gasteiger partial charge on any atom is 0.222 e. The van der Waals surface area contributed by atoms with Crippen LogP contribution in [0, 0.1) is 6.92 Å². The van der Waals surface area contributed by atoms with Crippen LogP contribution in [0.3, 0.4) is 0 Å². The molecule has 0 spiro atoms. The highest BCUT2D eigenvalue weighted by Crippen LogP contribution is 2.18. The van der Waals surface area contributed by atoms with Crippen LogP contribution in [-0.4, -0.2) is 54.5 Å². The Bertz CT molecular complexity index is 951. The Kier molecular flexibility index (Phi) is 7.24. The molecule has 2 N–H and O–H groups in total. The molecular weight excluding hydrogens is 400 g/mol. The zero-order valence-electron chi connectivity index (χ0n) is 19.2. The number of guanidine groups is 1. The second-order valence-corrected chi connectivity index (χ2v) is 8.71. The number of aromatic nitrogens is 1. The number of piperidine rings is 1. The Morgan fingerprint density at radius 3 is 2.62 bits per heavy atom. The van der Waals surface area contributed by atoms with Crippen LogP contribution in [-0.2, 0) is 17.9 Å². The molecule has 2 aliphatic heterocycles. The van der Waals surface area contributed by atoms with Crippen LogP contribution in [0.1, 0.15) is 42.5 Å². The number of hydrogen-bond acceptors (Lipinski definition) is 4. The molecule has 32 heavy (non-hydrogen) atoms. The summed E-state index contributed by atoms with van der Waals surface area (Å²) in [5.74, 6) is 2.17. The summed E-state index contributed by atoms with van der Waals surface area (Å²) in [6.45, 7) is 6.29. The number of benzene rings is 1. The molecule has 1 aromatic heterocycles. The van der Waals surface area contributed by atoms with Gasteiger partial charge in [-0.2, -0.15) is 0 Å². The largest absolute Gasteiger partial charge is 0.356 e. The molecule has 1 amide bonds. The zero-order valence-corrected chi connectivity index (χ0v) is 19.2. The second kappa shape index (κ2) is 10.5. The summed E-state index contributed by atoms with van der Waals surface area (Å²) in [7, 11) is 1.82. The first-order valence-corrected chi connectivity index (χ1v) is 11.6. The van der Waals surface area contributed by atoms with E-state index in [9.17, 15) is 4.79 Å². The number of rotatable bonds is 6. The first-order chi connectivity index (χ1) is 15.6. The highest BCUT2D eigenvalue weighted by atomic mass is 16.2. The Hall–Kier alpha value is -3.09. The van der Waals surface area contributed by atoms with Crippen molar-refractivity contribution in [1.29, 1.82) is 0 Å². The van der Waals surface area contributed by atoms with Gasteiger partial charge in [-0.15, -0.1) is 0 Å². The van der Waals surface area contributed by atoms with Crippen molar-refractivity contribution in [3.05, 3.63) is 59.3 Å². The molecule has 0 atom stereocenters. The van der Waals surface area contributed by atoms with Gasteiger partial charge in [0.1, 0.15) is 5.82 Å². The molecule has 7 heteroatoms. The van der Waals surface area contributed by atoms with Crippen LogP contribution in [0.5, 0.6) is 0 Å². The lowest BCUT2D eigenvalue weighted by atomic mass is 10.1. The van der Waals surface area contributed by atoms with Gasteiger partial charge in [-0.05, 0) is 49.4 Å². The third-order valence-corrected chi connectivity index (χ3v) is 6.25. The number of aryl methyl sites for hydroxylation is 1. The standard InChI is InChI=1S/C25H34N6O/c1-19-6-3-9-23(28-19)30-14-11-22(12-15-30)29-25(26-2)27-17-20-7-4-8-21(16-20)18-31-13-5-10-24(31)32/h3-4,6-9,16,22H,5,10-15,17-18H2,1-2H3,(H2,26,27,29). The van der Waals surface area contributed by atoms with Crippen molar-refractivity contribution >= 4 is 17.7 Å². The fourth-order valence-corrected chi connectivity index (χ4v) is 4.46. The third-order valence-electron chi connectivity index (χ3n) is 6.25. The zero-order chi connectivity index (χ0) is 22.3. The highest BCUT2D eigenvalue weighted by molar-refractivity contribution is 5.80. The third kappa shape index (κ3) is 5.78. The number of pyridine rings is 1. The van der Waals surface area contributed by atoms with Crippen LogP contribution >= 0.6 is 0 Å². The summed E-state index contributed by atoms with van der Waals surface area (Å²) in [5, 5.41) is 7.02. The summed E-state index contributed by atoms with van der Waals surface area (Å²) in [6, 6.07) is 15.1. The number of carbonyl (C=O) groups excluding carboxylic acids is 1. The fraction of sp³-hybridized carbons (Fsp3) is 0.480. The number of likely N-dealkylation sites (tertiary alicyclic amines) is 1. The van der Waals surface area contributed by atoms with E-state index >= 15 is 0 Å². The minimum absolute atomic E-state index is 0.266. The Labute approximate surface area is 190 Å². The van der Waals surface area contributed by atoms with E-state index in [1.54, 1.807) is 0 Å². The molecule has 0 unspecified atom stereocenters. The van der Waals surface area contributed by atoms with Gasteiger partial charge in [0, 0.05) is 57.9 Å². The SMILES string of the molecule is CN=C(NCc1cccc(CN2CCCC2=O)c1)NC1CCN(c2cccc(C)n2)CC1. The predicted molar refractivity (Wildman–Crippen MR) is 129 cm³/mol. The van der Waals surface area contributed by atoms with Gasteiger partial charge in [0.05, 0.1) is 0 Å². The van der Waals surface area contributed by atoms with E-state index in [0.29, 0.717) is 25.6 Å². The summed E-state index contributed by atoms with van der Waals surface area (Å²) in [5.41, 5.74) is 3.43. The number of aliphatic imine (C=N–C) groups is 1. The first kappa shape index (κ1) is 22.1. The molecule has 3 heterocycles. The summed E-state index contributed by atoms with van der Waals surface area (Å²) in [6.07, 6.45) is 3.76. The van der Waals surface area contributed by atoms with Gasteiger partial charge in [-0.3, -0.25) is 9.79 Å². The second-order valence-electron chi connectivity index (χ2n) is 8.71. The number of anilines is 1. The molecular formula is C25H34N6O. The van der Waals surface area contributed by atoms with Crippen LogP contribution in [0.2, 0.25) is 0 Å². The molecule has 170 valence electrons. The Balaban J connectivity index is 1.25. The molecule has 2 fully saturated rings. The summed E-state index contributed by atoms with van der Waals surface area (Å²) in [4.78, 5) is 25.3. The van der Waals surface area contributed by atoms with E-state index in [4.69, 9.17) is 0 Å². The van der Waals surface area contributed by atoms with E-state index in [0.717, 1.165) is 56.4 Å². The Morgan fingerprint density at radius 2 is 1.91 bits per heavy atom. The maximum absolute atomic E-state index is 11.9. The number of amides is 1. The lowest BCUT2D eigenvalue weighted by Gasteiger charge is -2.34. The van der Waals surface area contributed by atoms with E-state index in [2.05, 4.69) is 61.9 Å². The fourth-order valence-electron chi connectivity index (χ4n) is 4.46. The van der Waals surface area contributed by atoms with Crippen molar-refractivity contribution in [1.82, 2.24) is 20.5 Å². The molecule has 0 aliphatic carbocycles. The average Bonchev–Trinajstić information content (AvgIpc) is 3.21. The normalized spacial score (nSPS) is 17.7. The highest BCUT2D eigenvalue weighted by Gasteiger charge is 2.21. The average molecular weight is 435 g/mol. The number of carbonyl (C=O) groups is 1. The molecule has 0 saturated carbocycles. The molecule has 0 radical (unpaired) electrons. The molecule has 2 aliphatic rings. The topological polar surface area (TPSA) is 72.9 Å². The number of nitrogens with zero attached hydrogens (tertiary/aromatic N) is 4. The van der Waals surface area contributed by atoms with Gasteiger partial charge < -0.3 is 20.4 Å². The lowest BCUT2D eigenvalue weighted by molar-refractivity contribution is -0.128. The van der Waals surface area contributed by atoms with E-state index in [1.165, 1.54) is 11.1 Å². The van der Waals surface area contributed by atoms with Gasteiger partial charge >= 0.3 is 0 Å². The Morgan fingerprint density at radius 1 is 1.12 bits per heavy atom. The molecule has 0 bridgehead atoms. The van der Waals surface area contributed by atoms with E-state index in [1.807, 2.05) is 24.9 Å². The summed E-state index contributed by atoms with van der Waals surface area (Å²) < 4.78 is 0. The van der Waals surface area contributed by atoms with Crippen molar-refractivity contribution in [2.45, 2.75) is 51.7 Å². The number of hydrogen-bond donors (Lipinski definition) is 2. The van der Waals surface area contributed by atoms with Gasteiger partial charge in [0.15, 0.2) is 5.96 Å². The van der Waals surface area contributed by atoms with Crippen LogP contribution in [0.25, 0.3) is 0 Å². The van der Waals surface area contributed by atoms with Gasteiger partial charge in [0.25, 0.3) is 0 Å². The van der Waals surface area contributed by atoms with Gasteiger partial charge in [0.2, 0.25) is 5.91 Å². The van der Waals surface area contributed by atoms with Crippen LogP contribution < -0.4 is 15.5 Å². The van der Waals surface area contributed by atoms with Crippen molar-refractivity contribution < 1.29 is 4.79 Å². The van der Waals surface area contributed by atoms with Crippen LogP contribution in [0.4, 0.5) is 5.82 Å². The van der Waals surface area contributed by atoms with E-state index < -0.39 is 0 Å². The molecule has 7 nitrogen and oxygen atoms in total. The van der Waals surface area contributed by atoms with Gasteiger partial charge in [-0.25, -0.2) is 4.98 Å². The van der Waals surface area contributed by atoms with Gasteiger partial charge in [-0.1, -0.05) is 30.3 Å². The van der Waals surface area contributed by atoms with Crippen molar-refractivity contribution in [2.24, 2.45) is 4.99 Å². The molecule has 2 aromatic rings. The van der Waals surface area contributed by atoms with Crippen molar-refractivity contribution in [3.63, 3.8) is 0 Å². The van der Waals surface area contributed by atoms with Crippen LogP contribution in [0.15, 0.2) is 47.5 Å². The quantitative estimate of drug-likeness (QED) is 0.540. The van der Waals surface area contributed by atoms with Crippen molar-refractivity contribution in [2.75, 3.05) is 31.6 Å². The minimum atomic E-state index is 0.266. The lowest BCUT2D eigenvalue weighted by Crippen LogP contribution is -2.48. The number of nitrogens with one attached hydrogen (secondary N) is 2.